The topological polar surface area (TPSA) is 12.0 Å². The Labute approximate surface area is 268 Å². The molecule has 5 aromatic carbocycles. The fraction of sp³-hybridized carbons (Fsp3) is 0.195. The van der Waals surface area contributed by atoms with Gasteiger partial charge in [-0.25, -0.2) is 4.57 Å². The Kier molecular flexibility index (Phi) is 6.47. The van der Waals surface area contributed by atoms with E-state index in [9.17, 15) is 0 Å². The van der Waals surface area contributed by atoms with E-state index in [0.717, 1.165) is 6.54 Å². The van der Waals surface area contributed by atoms with E-state index in [1.54, 1.807) is 0 Å². The van der Waals surface area contributed by atoms with E-state index < -0.39 is 8.07 Å². The lowest BCUT2D eigenvalue weighted by molar-refractivity contribution is -0.671. The molecule has 4 heteroatoms. The zero-order chi connectivity index (χ0) is 30.9. The average molecular weight is 603 g/mol. The van der Waals surface area contributed by atoms with Crippen LogP contribution in [0, 0.1) is 0 Å². The van der Waals surface area contributed by atoms with E-state index in [-0.39, 0.29) is 0 Å². The van der Waals surface area contributed by atoms with Crippen LogP contribution in [0.4, 0.5) is 11.4 Å². The third-order valence-corrected chi connectivity index (χ3v) is 15.0. The van der Waals surface area contributed by atoms with E-state index >= 15 is 0 Å². The lowest BCUT2D eigenvalue weighted by Gasteiger charge is -2.44. The SMILES string of the molecule is CC(C)c1cccc(C(C)C)c1-n1cc[n+]2c1-c1cc3c(cc1C2)N(C)c1ccccc1[Si]3(c1ccccc1)c1ccccc1. The van der Waals surface area contributed by atoms with Gasteiger partial charge in [0.2, 0.25) is 0 Å². The van der Waals surface area contributed by atoms with E-state index in [1.165, 1.54) is 65.9 Å². The van der Waals surface area contributed by atoms with Crippen molar-refractivity contribution < 1.29 is 4.57 Å². The average Bonchev–Trinajstić information content (AvgIpc) is 3.64. The number of fused-ring (bicyclic) bond motifs is 5. The zero-order valence-electron chi connectivity index (χ0n) is 26.8. The van der Waals surface area contributed by atoms with Crippen LogP contribution in [0.5, 0.6) is 0 Å². The van der Waals surface area contributed by atoms with Crippen LogP contribution < -0.4 is 30.2 Å². The Morgan fingerprint density at radius 3 is 1.87 bits per heavy atom. The second-order valence-electron chi connectivity index (χ2n) is 13.3. The lowest BCUT2D eigenvalue weighted by Crippen LogP contribution is -2.77. The van der Waals surface area contributed by atoms with Crippen LogP contribution in [0.25, 0.3) is 17.1 Å². The molecule has 6 aromatic rings. The summed E-state index contributed by atoms with van der Waals surface area (Å²) in [6, 6.07) is 43.7. The predicted molar refractivity (Wildman–Crippen MR) is 190 cm³/mol. The maximum atomic E-state index is 2.59. The zero-order valence-corrected chi connectivity index (χ0v) is 27.8. The molecule has 0 amide bonds. The molecule has 0 aliphatic carbocycles. The number of nitrogens with zero attached hydrogens (tertiary/aromatic N) is 3. The molecule has 1 aromatic heterocycles. The Bertz CT molecular complexity index is 1990. The van der Waals surface area contributed by atoms with E-state index in [0.29, 0.717) is 11.8 Å². The highest BCUT2D eigenvalue weighted by molar-refractivity contribution is 7.21. The van der Waals surface area contributed by atoms with E-state index in [2.05, 4.69) is 176 Å². The van der Waals surface area contributed by atoms with Crippen molar-refractivity contribution >= 4 is 40.2 Å². The number of anilines is 2. The highest BCUT2D eigenvalue weighted by Crippen LogP contribution is 2.39. The molecule has 0 saturated heterocycles. The van der Waals surface area contributed by atoms with Crippen LogP contribution in [-0.2, 0) is 6.54 Å². The molecular formula is C41H40N3Si+. The highest BCUT2D eigenvalue weighted by Gasteiger charge is 2.49. The summed E-state index contributed by atoms with van der Waals surface area (Å²) in [4.78, 5) is 2.44. The molecular weight excluding hydrogens is 563 g/mol. The van der Waals surface area contributed by atoms with Crippen molar-refractivity contribution in [2.45, 2.75) is 46.1 Å². The molecule has 0 fully saturated rings. The van der Waals surface area contributed by atoms with E-state index in [1.807, 2.05) is 0 Å². The highest BCUT2D eigenvalue weighted by atomic mass is 28.3. The number of hydrogen-bond acceptors (Lipinski definition) is 1. The molecule has 2 aliphatic rings. The number of hydrogen-bond donors (Lipinski definition) is 0. The van der Waals surface area contributed by atoms with Gasteiger partial charge in [0.05, 0.1) is 5.56 Å². The second-order valence-corrected chi connectivity index (χ2v) is 17.0. The lowest BCUT2D eigenvalue weighted by atomic mass is 9.92. The van der Waals surface area contributed by atoms with Crippen molar-refractivity contribution in [1.29, 1.82) is 0 Å². The van der Waals surface area contributed by atoms with Crippen LogP contribution in [0.1, 0.15) is 56.2 Å². The summed E-state index contributed by atoms with van der Waals surface area (Å²) in [7, 11) is -0.425. The summed E-state index contributed by atoms with van der Waals surface area (Å²) < 4.78 is 4.95. The van der Waals surface area contributed by atoms with Crippen molar-refractivity contribution in [2.24, 2.45) is 0 Å². The molecule has 2 aliphatic heterocycles. The van der Waals surface area contributed by atoms with Crippen LogP contribution in [0.2, 0.25) is 0 Å². The normalized spacial score (nSPS) is 14.3. The first-order chi connectivity index (χ1) is 21.9. The van der Waals surface area contributed by atoms with E-state index in [4.69, 9.17) is 0 Å². The Hall–Kier alpha value is -4.67. The summed E-state index contributed by atoms with van der Waals surface area (Å²) in [5, 5.41) is 5.76. The van der Waals surface area contributed by atoms with Gasteiger partial charge >= 0.3 is 0 Å². The van der Waals surface area contributed by atoms with Crippen molar-refractivity contribution in [3.05, 3.63) is 144 Å². The fourth-order valence-corrected chi connectivity index (χ4v) is 13.3. The van der Waals surface area contributed by atoms with Crippen molar-refractivity contribution in [3.63, 3.8) is 0 Å². The van der Waals surface area contributed by atoms with Crippen LogP contribution in [-0.4, -0.2) is 19.7 Å². The largest absolute Gasteiger partial charge is 0.345 e. The minimum atomic E-state index is -2.68. The molecule has 0 radical (unpaired) electrons. The predicted octanol–water partition coefficient (Wildman–Crippen LogP) is 6.50. The van der Waals surface area contributed by atoms with Crippen LogP contribution >= 0.6 is 0 Å². The van der Waals surface area contributed by atoms with Crippen LogP contribution in [0.15, 0.2) is 128 Å². The second kappa shape index (κ2) is 10.5. The molecule has 3 heterocycles. The smallest absolute Gasteiger partial charge is 0.294 e. The monoisotopic (exact) mass is 602 g/mol. The van der Waals surface area contributed by atoms with Crippen molar-refractivity contribution in [2.75, 3.05) is 11.9 Å². The molecule has 0 bridgehead atoms. The molecule has 45 heavy (non-hydrogen) atoms. The molecule has 3 nitrogen and oxygen atoms in total. The first kappa shape index (κ1) is 27.8. The molecule has 222 valence electrons. The van der Waals surface area contributed by atoms with Crippen LogP contribution in [0.3, 0.4) is 0 Å². The number of para-hydroxylation sites is 2. The molecule has 0 N–H and O–H groups in total. The maximum absolute atomic E-state index is 2.68. The molecule has 0 unspecified atom stereocenters. The summed E-state index contributed by atoms with van der Waals surface area (Å²) in [5.41, 5.74) is 9.53. The van der Waals surface area contributed by atoms with Crippen molar-refractivity contribution in [1.82, 2.24) is 4.57 Å². The van der Waals surface area contributed by atoms with Gasteiger partial charge in [0.1, 0.15) is 24.6 Å². The molecule has 0 spiro atoms. The quantitative estimate of drug-likeness (QED) is 0.162. The standard InChI is InChI=1S/C41H40N3Si/c1-28(2)33-19-14-20-34(29(3)4)40(33)44-24-23-43-27-30-25-37-39(26-35(30)41(43)44)45(31-15-8-6-9-16-31,32-17-10-7-11-18-32)38-22-13-12-21-36(38)42(37)5/h6-26,28-29H,27H2,1-5H3/q+1. The fourth-order valence-electron chi connectivity index (χ4n) is 8.06. The first-order valence-electron chi connectivity index (χ1n) is 16.3. The Morgan fingerprint density at radius 2 is 1.24 bits per heavy atom. The maximum Gasteiger partial charge on any atom is 0.294 e. The summed E-state index contributed by atoms with van der Waals surface area (Å²) in [6.07, 6.45) is 4.58. The molecule has 0 atom stereocenters. The van der Waals surface area contributed by atoms with Gasteiger partial charge < -0.3 is 4.90 Å². The minimum Gasteiger partial charge on any atom is -0.345 e. The molecule has 0 saturated carbocycles. The van der Waals surface area contributed by atoms with Gasteiger partial charge in [-0.2, -0.15) is 4.57 Å². The van der Waals surface area contributed by atoms with Gasteiger partial charge in [0, 0.05) is 35.1 Å². The summed E-state index contributed by atoms with van der Waals surface area (Å²) >= 11 is 0. The third kappa shape index (κ3) is 3.98. The Morgan fingerprint density at radius 1 is 0.644 bits per heavy atom. The number of rotatable bonds is 5. The third-order valence-electron chi connectivity index (χ3n) is 10.1. The summed E-state index contributed by atoms with van der Waals surface area (Å²) in [5.74, 6) is 2.13. The van der Waals surface area contributed by atoms with Gasteiger partial charge in [-0.3, -0.25) is 0 Å². The Balaban J connectivity index is 1.46. The summed E-state index contributed by atoms with van der Waals surface area (Å²) in [6.45, 7) is 10.1. The number of imidazole rings is 1. The minimum absolute atomic E-state index is 0.424. The molecule has 8 rings (SSSR count). The van der Waals surface area contributed by atoms with Gasteiger partial charge in [-0.15, -0.1) is 0 Å². The van der Waals surface area contributed by atoms with Crippen molar-refractivity contribution in [3.8, 4) is 17.1 Å². The van der Waals surface area contributed by atoms with Gasteiger partial charge in [-0.1, -0.05) is 125 Å². The first-order valence-corrected chi connectivity index (χ1v) is 18.3. The van der Waals surface area contributed by atoms with Gasteiger partial charge in [-0.05, 0) is 50.8 Å². The number of aromatic nitrogens is 2. The van der Waals surface area contributed by atoms with Gasteiger partial charge in [0.15, 0.2) is 8.07 Å². The van der Waals surface area contributed by atoms with Gasteiger partial charge in [0.25, 0.3) is 5.82 Å². The number of benzene rings is 5.